The summed E-state index contributed by atoms with van der Waals surface area (Å²) in [6.07, 6.45) is 3.86. The second-order valence-corrected chi connectivity index (χ2v) is 5.76. The largest absolute Gasteiger partial charge is 0.465 e. The van der Waals surface area contributed by atoms with Crippen LogP contribution in [0.3, 0.4) is 0 Å². The number of ether oxygens (including phenoxy) is 2. The molecule has 1 saturated heterocycles. The van der Waals surface area contributed by atoms with E-state index in [1.807, 2.05) is 6.92 Å². The average Bonchev–Trinajstić information content (AvgIpc) is 2.90. The summed E-state index contributed by atoms with van der Waals surface area (Å²) in [4.78, 5) is 36.5. The second-order valence-electron chi connectivity index (χ2n) is 5.76. The summed E-state index contributed by atoms with van der Waals surface area (Å²) < 4.78 is 10.2. The molecule has 0 spiro atoms. The van der Waals surface area contributed by atoms with Crippen LogP contribution in [0.1, 0.15) is 46.0 Å². The molecule has 1 amide bonds. The lowest BCUT2D eigenvalue weighted by Gasteiger charge is -2.13. The van der Waals surface area contributed by atoms with Crippen LogP contribution in [0, 0.1) is 5.92 Å². The lowest BCUT2D eigenvalue weighted by Crippen LogP contribution is -2.31. The first-order valence-electron chi connectivity index (χ1n) is 8.25. The zero-order valence-corrected chi connectivity index (χ0v) is 14.1. The molecule has 6 nitrogen and oxygen atoms in total. The van der Waals surface area contributed by atoms with Crippen molar-refractivity contribution in [1.82, 2.24) is 4.90 Å². The highest BCUT2D eigenvalue weighted by molar-refractivity contribution is 5.99. The van der Waals surface area contributed by atoms with Crippen molar-refractivity contribution in [2.45, 2.75) is 46.0 Å². The van der Waals surface area contributed by atoms with Gasteiger partial charge in [0.2, 0.25) is 5.91 Å². The van der Waals surface area contributed by atoms with E-state index >= 15 is 0 Å². The molecule has 1 atom stereocenters. The van der Waals surface area contributed by atoms with Crippen LogP contribution in [0.2, 0.25) is 0 Å². The SMILES string of the molecule is C=C(C)C(=O)OCCCCCCOC(=O)C1CCN(CC)C1=O. The van der Waals surface area contributed by atoms with Gasteiger partial charge in [-0.1, -0.05) is 6.58 Å². The molecule has 0 aromatic heterocycles. The minimum absolute atomic E-state index is 0.114. The van der Waals surface area contributed by atoms with Crippen molar-refractivity contribution in [3.8, 4) is 0 Å². The smallest absolute Gasteiger partial charge is 0.333 e. The van der Waals surface area contributed by atoms with Crippen molar-refractivity contribution in [1.29, 1.82) is 0 Å². The summed E-state index contributed by atoms with van der Waals surface area (Å²) >= 11 is 0. The van der Waals surface area contributed by atoms with Crippen LogP contribution in [0.4, 0.5) is 0 Å². The maximum Gasteiger partial charge on any atom is 0.333 e. The molecule has 0 bridgehead atoms. The molecular weight excluding hydrogens is 298 g/mol. The molecule has 0 N–H and O–H groups in total. The van der Waals surface area contributed by atoms with Crippen molar-refractivity contribution in [2.24, 2.45) is 5.92 Å². The van der Waals surface area contributed by atoms with Gasteiger partial charge in [0.1, 0.15) is 5.92 Å². The molecule has 0 radical (unpaired) electrons. The molecule has 1 unspecified atom stereocenters. The Morgan fingerprint density at radius 2 is 1.78 bits per heavy atom. The molecule has 1 rings (SSSR count). The molecule has 0 aromatic carbocycles. The van der Waals surface area contributed by atoms with E-state index in [1.165, 1.54) is 0 Å². The number of hydrogen-bond donors (Lipinski definition) is 0. The Bertz CT molecular complexity index is 446. The highest BCUT2D eigenvalue weighted by Gasteiger charge is 2.37. The topological polar surface area (TPSA) is 72.9 Å². The fraction of sp³-hybridized carbons (Fsp3) is 0.706. The highest BCUT2D eigenvalue weighted by Crippen LogP contribution is 2.19. The fourth-order valence-corrected chi connectivity index (χ4v) is 2.39. The van der Waals surface area contributed by atoms with Crippen molar-refractivity contribution in [3.05, 3.63) is 12.2 Å². The predicted molar refractivity (Wildman–Crippen MR) is 85.6 cm³/mol. The molecule has 0 aliphatic carbocycles. The summed E-state index contributed by atoms with van der Waals surface area (Å²) in [7, 11) is 0. The van der Waals surface area contributed by atoms with Crippen molar-refractivity contribution < 1.29 is 23.9 Å². The zero-order chi connectivity index (χ0) is 17.2. The Labute approximate surface area is 137 Å². The van der Waals surface area contributed by atoms with Crippen LogP contribution in [0.15, 0.2) is 12.2 Å². The van der Waals surface area contributed by atoms with E-state index in [0.29, 0.717) is 38.3 Å². The Hall–Kier alpha value is -1.85. The number of unbranched alkanes of at least 4 members (excludes halogenated alkanes) is 3. The van der Waals surface area contributed by atoms with Crippen LogP contribution in [-0.2, 0) is 23.9 Å². The van der Waals surface area contributed by atoms with Gasteiger partial charge in [-0.15, -0.1) is 0 Å². The van der Waals surface area contributed by atoms with Crippen LogP contribution in [-0.4, -0.2) is 49.0 Å². The van der Waals surface area contributed by atoms with Gasteiger partial charge in [0, 0.05) is 18.7 Å². The fourth-order valence-electron chi connectivity index (χ4n) is 2.39. The number of rotatable bonds is 10. The van der Waals surface area contributed by atoms with Gasteiger partial charge >= 0.3 is 11.9 Å². The number of carbonyl (C=O) groups is 3. The van der Waals surface area contributed by atoms with Gasteiger partial charge in [0.15, 0.2) is 0 Å². The molecule has 1 fully saturated rings. The van der Waals surface area contributed by atoms with E-state index in [0.717, 1.165) is 25.7 Å². The number of hydrogen-bond acceptors (Lipinski definition) is 5. The third-order valence-electron chi connectivity index (χ3n) is 3.83. The van der Waals surface area contributed by atoms with Crippen LogP contribution in [0.5, 0.6) is 0 Å². The number of nitrogens with zero attached hydrogens (tertiary/aromatic N) is 1. The first-order chi connectivity index (χ1) is 11.0. The predicted octanol–water partition coefficient (Wildman–Crippen LogP) is 2.08. The number of likely N-dealkylation sites (tertiary alicyclic amines) is 1. The third kappa shape index (κ3) is 6.42. The number of amides is 1. The van der Waals surface area contributed by atoms with E-state index in [9.17, 15) is 14.4 Å². The van der Waals surface area contributed by atoms with Crippen molar-refractivity contribution in [2.75, 3.05) is 26.3 Å². The lowest BCUT2D eigenvalue weighted by molar-refractivity contribution is -0.153. The Balaban J connectivity index is 2.03. The van der Waals surface area contributed by atoms with Gasteiger partial charge in [-0.25, -0.2) is 4.79 Å². The third-order valence-corrected chi connectivity index (χ3v) is 3.83. The summed E-state index contributed by atoms with van der Waals surface area (Å²) in [6.45, 7) is 9.02. The Morgan fingerprint density at radius 3 is 2.30 bits per heavy atom. The molecule has 1 aliphatic rings. The molecule has 0 saturated carbocycles. The van der Waals surface area contributed by atoms with E-state index in [-0.39, 0.29) is 11.9 Å². The normalized spacial score (nSPS) is 17.2. The minimum atomic E-state index is -0.614. The summed E-state index contributed by atoms with van der Waals surface area (Å²) in [5.74, 6) is -1.49. The lowest BCUT2D eigenvalue weighted by atomic mass is 10.1. The van der Waals surface area contributed by atoms with Crippen LogP contribution >= 0.6 is 0 Å². The zero-order valence-electron chi connectivity index (χ0n) is 14.1. The molecule has 130 valence electrons. The average molecular weight is 325 g/mol. The summed E-state index contributed by atoms with van der Waals surface area (Å²) in [5, 5.41) is 0. The van der Waals surface area contributed by atoms with E-state index in [1.54, 1.807) is 11.8 Å². The van der Waals surface area contributed by atoms with Crippen LogP contribution < -0.4 is 0 Å². The van der Waals surface area contributed by atoms with Gasteiger partial charge in [-0.2, -0.15) is 0 Å². The molecule has 1 heterocycles. The van der Waals surface area contributed by atoms with E-state index in [4.69, 9.17) is 9.47 Å². The highest BCUT2D eigenvalue weighted by atomic mass is 16.5. The Kier molecular flexibility index (Phi) is 8.37. The standard InChI is InChI=1S/C17H27NO5/c1-4-18-10-9-14(15(18)19)17(21)23-12-8-6-5-7-11-22-16(20)13(2)3/h14H,2,4-12H2,1,3H3. The quantitative estimate of drug-likeness (QED) is 0.266. The van der Waals surface area contributed by atoms with Crippen LogP contribution in [0.25, 0.3) is 0 Å². The van der Waals surface area contributed by atoms with Crippen molar-refractivity contribution >= 4 is 17.8 Å². The van der Waals surface area contributed by atoms with Gasteiger partial charge < -0.3 is 14.4 Å². The maximum atomic E-state index is 11.9. The molecule has 23 heavy (non-hydrogen) atoms. The first-order valence-corrected chi connectivity index (χ1v) is 8.25. The second kappa shape index (κ2) is 10.0. The Morgan fingerprint density at radius 1 is 1.17 bits per heavy atom. The minimum Gasteiger partial charge on any atom is -0.465 e. The monoisotopic (exact) mass is 325 g/mol. The van der Waals surface area contributed by atoms with E-state index < -0.39 is 11.9 Å². The van der Waals surface area contributed by atoms with Gasteiger partial charge in [0.25, 0.3) is 0 Å². The molecular formula is C17H27NO5. The molecule has 1 aliphatic heterocycles. The molecule has 6 heteroatoms. The van der Waals surface area contributed by atoms with Gasteiger partial charge in [0.05, 0.1) is 13.2 Å². The number of carbonyl (C=O) groups excluding carboxylic acids is 3. The van der Waals surface area contributed by atoms with Gasteiger partial charge in [-0.3, -0.25) is 9.59 Å². The first kappa shape index (κ1) is 19.2. The number of esters is 2. The maximum absolute atomic E-state index is 11.9. The summed E-state index contributed by atoms with van der Waals surface area (Å²) in [5.41, 5.74) is 0.403. The van der Waals surface area contributed by atoms with Crippen molar-refractivity contribution in [3.63, 3.8) is 0 Å². The summed E-state index contributed by atoms with van der Waals surface area (Å²) in [6, 6.07) is 0. The van der Waals surface area contributed by atoms with E-state index in [2.05, 4.69) is 6.58 Å². The van der Waals surface area contributed by atoms with Gasteiger partial charge in [-0.05, 0) is 46.0 Å². The molecule has 0 aromatic rings.